The molecule has 3 rings (SSSR count). The van der Waals surface area contributed by atoms with E-state index in [1.807, 2.05) is 20.9 Å². The van der Waals surface area contributed by atoms with Crippen molar-refractivity contribution >= 4 is 11.6 Å². The van der Waals surface area contributed by atoms with E-state index in [1.54, 1.807) is 23.2 Å². The molecule has 140 valence electrons. The molecule has 0 spiro atoms. The van der Waals surface area contributed by atoms with Gasteiger partial charge in [0.05, 0.1) is 24.4 Å². The van der Waals surface area contributed by atoms with Crippen LogP contribution in [0, 0.1) is 0 Å². The number of aryl methyl sites for hydroxylation is 1. The number of aromatic nitrogens is 5. The van der Waals surface area contributed by atoms with Crippen molar-refractivity contribution in [2.24, 2.45) is 7.05 Å². The van der Waals surface area contributed by atoms with Crippen LogP contribution in [0.15, 0.2) is 36.9 Å². The maximum Gasteiger partial charge on any atom is 0.280 e. The minimum Gasteiger partial charge on any atom is -0.331 e. The minimum absolute atomic E-state index is 0.0820. The van der Waals surface area contributed by atoms with Crippen LogP contribution in [0.25, 0.3) is 11.5 Å². The topological polar surface area (TPSA) is 85.6 Å². The number of nitrogens with one attached hydrogen (secondary N) is 1. The summed E-state index contributed by atoms with van der Waals surface area (Å²) in [6, 6.07) is 4.15. The summed E-state index contributed by atoms with van der Waals surface area (Å²) in [6.07, 6.45) is 1.77. The molecule has 3 heterocycles. The van der Waals surface area contributed by atoms with Crippen LogP contribution in [0.5, 0.6) is 0 Å². The summed E-state index contributed by atoms with van der Waals surface area (Å²) >= 11 is 0. The van der Waals surface area contributed by atoms with Gasteiger partial charge >= 0.3 is 0 Å². The third-order valence-corrected chi connectivity index (χ3v) is 3.88. The second kappa shape index (κ2) is 7.56. The van der Waals surface area contributed by atoms with Crippen LogP contribution < -0.4 is 5.32 Å². The van der Waals surface area contributed by atoms with Gasteiger partial charge in [-0.05, 0) is 24.1 Å². The van der Waals surface area contributed by atoms with Crippen molar-refractivity contribution in [3.8, 4) is 11.5 Å². The number of carbonyl (C=O) groups excluding carboxylic acids is 1. The number of amides is 1. The summed E-state index contributed by atoms with van der Waals surface area (Å²) in [5, 5.41) is 2.62. The summed E-state index contributed by atoms with van der Waals surface area (Å²) < 4.78 is 26.9. The minimum atomic E-state index is -2.66. The lowest BCUT2D eigenvalue weighted by atomic mass is 10.1. The maximum absolute atomic E-state index is 12.6. The molecule has 0 saturated carbocycles. The van der Waals surface area contributed by atoms with Gasteiger partial charge in [-0.3, -0.25) is 9.78 Å². The molecule has 1 N–H and O–H groups in total. The van der Waals surface area contributed by atoms with Gasteiger partial charge in [-0.1, -0.05) is 13.8 Å². The lowest BCUT2D eigenvalue weighted by molar-refractivity contribution is 0.102. The molecular formula is C18H18F2N6O. The molecule has 0 saturated heterocycles. The first-order chi connectivity index (χ1) is 12.8. The molecule has 1 amide bonds. The van der Waals surface area contributed by atoms with E-state index in [1.165, 1.54) is 18.3 Å². The highest BCUT2D eigenvalue weighted by atomic mass is 19.3. The highest BCUT2D eigenvalue weighted by molar-refractivity contribution is 6.03. The zero-order valence-corrected chi connectivity index (χ0v) is 15.0. The first kappa shape index (κ1) is 18.6. The van der Waals surface area contributed by atoms with Crippen LogP contribution in [0.1, 0.15) is 48.1 Å². The molecule has 0 aliphatic heterocycles. The van der Waals surface area contributed by atoms with Gasteiger partial charge in [0.1, 0.15) is 17.1 Å². The molecule has 0 bridgehead atoms. The van der Waals surface area contributed by atoms with Gasteiger partial charge in [-0.15, -0.1) is 0 Å². The number of pyridine rings is 1. The van der Waals surface area contributed by atoms with E-state index in [2.05, 4.69) is 25.3 Å². The fourth-order valence-corrected chi connectivity index (χ4v) is 2.37. The average Bonchev–Trinajstić information content (AvgIpc) is 3.07. The Balaban J connectivity index is 1.91. The fourth-order valence-electron chi connectivity index (χ4n) is 2.37. The first-order valence-corrected chi connectivity index (χ1v) is 8.26. The molecule has 0 atom stereocenters. The van der Waals surface area contributed by atoms with Crippen molar-refractivity contribution in [3.05, 3.63) is 54.0 Å². The molecule has 7 nitrogen and oxygen atoms in total. The second-order valence-electron chi connectivity index (χ2n) is 6.27. The number of carbonyl (C=O) groups is 1. The molecule has 3 aromatic heterocycles. The van der Waals surface area contributed by atoms with Crippen LogP contribution in [0.4, 0.5) is 14.5 Å². The van der Waals surface area contributed by atoms with E-state index >= 15 is 0 Å². The van der Waals surface area contributed by atoms with Crippen molar-refractivity contribution in [2.45, 2.75) is 26.2 Å². The van der Waals surface area contributed by atoms with Gasteiger partial charge in [0.2, 0.25) is 0 Å². The fraction of sp³-hybridized carbons (Fsp3) is 0.278. The molecule has 0 aromatic carbocycles. The summed E-state index contributed by atoms with van der Waals surface area (Å²) in [4.78, 5) is 29.1. The van der Waals surface area contributed by atoms with E-state index in [0.717, 1.165) is 0 Å². The predicted octanol–water partition coefficient (Wildman–Crippen LogP) is 3.59. The first-order valence-electron chi connectivity index (χ1n) is 8.26. The maximum atomic E-state index is 12.6. The van der Waals surface area contributed by atoms with Crippen molar-refractivity contribution < 1.29 is 13.6 Å². The van der Waals surface area contributed by atoms with Gasteiger partial charge in [0.25, 0.3) is 12.3 Å². The average molecular weight is 372 g/mol. The normalized spacial score (nSPS) is 11.2. The molecule has 0 radical (unpaired) electrons. The Morgan fingerprint density at radius 3 is 2.48 bits per heavy atom. The molecule has 0 fully saturated rings. The SMILES string of the molecule is CC(C)c1cc(C(=O)Nc2ccc(C(F)F)nc2)nc(-c2cncn2C)n1. The molecule has 0 unspecified atom stereocenters. The van der Waals surface area contributed by atoms with E-state index in [-0.39, 0.29) is 17.3 Å². The quantitative estimate of drug-likeness (QED) is 0.740. The molecule has 27 heavy (non-hydrogen) atoms. The molecule has 0 aliphatic carbocycles. The van der Waals surface area contributed by atoms with Crippen LogP contribution in [0.2, 0.25) is 0 Å². The predicted molar refractivity (Wildman–Crippen MR) is 95.5 cm³/mol. The van der Waals surface area contributed by atoms with Crippen molar-refractivity contribution in [1.82, 2.24) is 24.5 Å². The van der Waals surface area contributed by atoms with Crippen molar-refractivity contribution in [2.75, 3.05) is 5.32 Å². The van der Waals surface area contributed by atoms with E-state index < -0.39 is 12.3 Å². The Kier molecular flexibility index (Phi) is 5.20. The highest BCUT2D eigenvalue weighted by Gasteiger charge is 2.17. The Labute approximate surface area is 154 Å². The standard InChI is InChI=1S/C18H18F2N6O/c1-10(2)13-6-14(25-17(24-13)15-8-21-9-26(15)3)18(27)23-11-4-5-12(16(19)20)22-7-11/h4-10,16H,1-3H3,(H,23,27). The van der Waals surface area contributed by atoms with Crippen molar-refractivity contribution in [1.29, 1.82) is 0 Å². The van der Waals surface area contributed by atoms with E-state index in [0.29, 0.717) is 22.9 Å². The monoisotopic (exact) mass is 372 g/mol. The zero-order valence-electron chi connectivity index (χ0n) is 15.0. The number of nitrogens with zero attached hydrogens (tertiary/aromatic N) is 5. The Morgan fingerprint density at radius 1 is 1.15 bits per heavy atom. The van der Waals surface area contributed by atoms with Crippen molar-refractivity contribution in [3.63, 3.8) is 0 Å². The van der Waals surface area contributed by atoms with Crippen LogP contribution in [-0.2, 0) is 7.05 Å². The number of halogens is 2. The number of hydrogen-bond donors (Lipinski definition) is 1. The second-order valence-corrected chi connectivity index (χ2v) is 6.27. The van der Waals surface area contributed by atoms with Crippen LogP contribution in [-0.4, -0.2) is 30.4 Å². The van der Waals surface area contributed by atoms with Gasteiger partial charge in [0.15, 0.2) is 5.82 Å². The number of imidazole rings is 1. The van der Waals surface area contributed by atoms with Crippen LogP contribution in [0.3, 0.4) is 0 Å². The zero-order chi connectivity index (χ0) is 19.6. The number of alkyl halides is 2. The lowest BCUT2D eigenvalue weighted by Gasteiger charge is -2.11. The summed E-state index contributed by atoms with van der Waals surface area (Å²) in [7, 11) is 1.81. The highest BCUT2D eigenvalue weighted by Crippen LogP contribution is 2.21. The third kappa shape index (κ3) is 4.13. The summed E-state index contributed by atoms with van der Waals surface area (Å²) in [6.45, 7) is 3.92. The van der Waals surface area contributed by atoms with Gasteiger partial charge in [-0.25, -0.2) is 23.7 Å². The Morgan fingerprint density at radius 2 is 1.93 bits per heavy atom. The Hall–Kier alpha value is -3.23. The Bertz CT molecular complexity index is 953. The number of rotatable bonds is 5. The molecule has 9 heteroatoms. The number of hydrogen-bond acceptors (Lipinski definition) is 5. The van der Waals surface area contributed by atoms with E-state index in [4.69, 9.17) is 0 Å². The van der Waals surface area contributed by atoms with Crippen LogP contribution >= 0.6 is 0 Å². The third-order valence-electron chi connectivity index (χ3n) is 3.88. The molecule has 3 aromatic rings. The van der Waals surface area contributed by atoms with Gasteiger partial charge in [0, 0.05) is 12.7 Å². The largest absolute Gasteiger partial charge is 0.331 e. The lowest BCUT2D eigenvalue weighted by Crippen LogP contribution is -2.16. The summed E-state index contributed by atoms with van der Waals surface area (Å²) in [5.74, 6) is -0.00893. The molecular weight excluding hydrogens is 354 g/mol. The number of anilines is 1. The van der Waals surface area contributed by atoms with Gasteiger partial charge in [-0.2, -0.15) is 0 Å². The smallest absolute Gasteiger partial charge is 0.280 e. The van der Waals surface area contributed by atoms with E-state index in [9.17, 15) is 13.6 Å². The molecule has 0 aliphatic rings. The van der Waals surface area contributed by atoms with Gasteiger partial charge < -0.3 is 9.88 Å². The summed E-state index contributed by atoms with van der Waals surface area (Å²) in [5.41, 5.74) is 1.50.